The molecule has 1 aromatic heterocycles. The molecule has 2 heterocycles. The zero-order chi connectivity index (χ0) is 17.6. The number of methoxy groups -OCH3 is 1. The van der Waals surface area contributed by atoms with Gasteiger partial charge in [0.2, 0.25) is 0 Å². The molecule has 25 heavy (non-hydrogen) atoms. The lowest BCUT2D eigenvalue weighted by molar-refractivity contribution is 0.241. The number of hydrogen-bond acceptors (Lipinski definition) is 4. The predicted molar refractivity (Wildman–Crippen MR) is 98.1 cm³/mol. The molecule has 132 valence electrons. The Balaban J connectivity index is 1.71. The number of fused-ring (bicyclic) bond motifs is 1. The summed E-state index contributed by atoms with van der Waals surface area (Å²) in [5, 5.41) is 19.2. The molecule has 0 saturated heterocycles. The minimum absolute atomic E-state index is 0.251. The topological polar surface area (TPSA) is 74.4 Å². The quantitative estimate of drug-likeness (QED) is 0.897. The number of hydrogen-bond donors (Lipinski definition) is 2. The van der Waals surface area contributed by atoms with Gasteiger partial charge in [0.15, 0.2) is 0 Å². The van der Waals surface area contributed by atoms with Crippen LogP contribution in [0.4, 0.5) is 0 Å². The van der Waals surface area contributed by atoms with Gasteiger partial charge in [0, 0.05) is 19.2 Å². The molecule has 2 aliphatic rings. The average Bonchev–Trinajstić information content (AvgIpc) is 3.11. The van der Waals surface area contributed by atoms with Crippen LogP contribution < -0.4 is 4.74 Å². The fourth-order valence-electron chi connectivity index (χ4n) is 4.07. The molecule has 2 aromatic rings. The van der Waals surface area contributed by atoms with Crippen molar-refractivity contribution in [2.75, 3.05) is 13.7 Å². The Morgan fingerprint density at radius 1 is 1.24 bits per heavy atom. The van der Waals surface area contributed by atoms with Crippen LogP contribution in [-0.2, 0) is 7.05 Å². The predicted octanol–water partition coefficient (Wildman–Crippen LogP) is 3.48. The van der Waals surface area contributed by atoms with Crippen LogP contribution in [0.5, 0.6) is 5.75 Å². The monoisotopic (exact) mass is 340 g/mol. The highest BCUT2D eigenvalue weighted by molar-refractivity contribution is 6.23. The molecule has 0 spiro atoms. The van der Waals surface area contributed by atoms with E-state index in [2.05, 4.69) is 4.98 Å². The summed E-state index contributed by atoms with van der Waals surface area (Å²) < 4.78 is 7.22. The van der Waals surface area contributed by atoms with E-state index in [-0.39, 0.29) is 5.76 Å². The largest absolute Gasteiger partial charge is 0.510 e. The van der Waals surface area contributed by atoms with E-state index < -0.39 is 0 Å². The number of aryl methyl sites for hydroxylation is 1. The average molecular weight is 340 g/mol. The van der Waals surface area contributed by atoms with Crippen LogP contribution in [-0.4, -0.2) is 45.1 Å². The Morgan fingerprint density at radius 3 is 2.72 bits per heavy atom. The molecule has 1 aromatic carbocycles. The number of benzene rings is 1. The van der Waals surface area contributed by atoms with Crippen molar-refractivity contribution in [3.8, 4) is 5.75 Å². The summed E-state index contributed by atoms with van der Waals surface area (Å²) in [7, 11) is 3.56. The van der Waals surface area contributed by atoms with E-state index in [0.29, 0.717) is 29.8 Å². The lowest BCUT2D eigenvalue weighted by Crippen LogP contribution is -2.38. The van der Waals surface area contributed by atoms with Gasteiger partial charge < -0.3 is 19.3 Å². The molecule has 1 saturated carbocycles. The van der Waals surface area contributed by atoms with Gasteiger partial charge in [0.25, 0.3) is 0 Å². The van der Waals surface area contributed by atoms with E-state index >= 15 is 0 Å². The first kappa shape index (κ1) is 16.0. The summed E-state index contributed by atoms with van der Waals surface area (Å²) in [6, 6.07) is 6.10. The molecule has 4 rings (SSSR count). The second-order valence-corrected chi connectivity index (χ2v) is 6.94. The van der Waals surface area contributed by atoms with Gasteiger partial charge in [0.05, 0.1) is 30.3 Å². The maximum absolute atomic E-state index is 10.6. The number of nitrogens with one attached hydrogen (secondary N) is 1. The van der Waals surface area contributed by atoms with Crippen LogP contribution in [0.1, 0.15) is 37.9 Å². The zero-order valence-corrected chi connectivity index (χ0v) is 14.7. The number of aromatic nitrogens is 2. The van der Waals surface area contributed by atoms with Gasteiger partial charge in [-0.1, -0.05) is 19.3 Å². The third-order valence-corrected chi connectivity index (χ3v) is 5.46. The Morgan fingerprint density at radius 2 is 2.00 bits per heavy atom. The summed E-state index contributed by atoms with van der Waals surface area (Å²) in [6.45, 7) is 0.422. The van der Waals surface area contributed by atoms with Gasteiger partial charge in [-0.3, -0.25) is 5.41 Å². The fourth-order valence-corrected chi connectivity index (χ4v) is 4.07. The van der Waals surface area contributed by atoms with Crippen LogP contribution in [0.2, 0.25) is 0 Å². The van der Waals surface area contributed by atoms with E-state index in [1.807, 2.05) is 34.7 Å². The van der Waals surface area contributed by atoms with Crippen molar-refractivity contribution in [3.05, 3.63) is 29.8 Å². The van der Waals surface area contributed by atoms with Gasteiger partial charge >= 0.3 is 0 Å². The van der Waals surface area contributed by atoms with Crippen molar-refractivity contribution in [2.24, 2.45) is 7.05 Å². The molecule has 1 fully saturated rings. The first-order valence-corrected chi connectivity index (χ1v) is 8.88. The summed E-state index contributed by atoms with van der Waals surface area (Å²) in [6.07, 6.45) is 5.88. The minimum atomic E-state index is 0.251. The van der Waals surface area contributed by atoms with Crippen LogP contribution in [0.15, 0.2) is 24.0 Å². The number of amidine groups is 1. The highest BCUT2D eigenvalue weighted by Gasteiger charge is 2.35. The first-order valence-electron chi connectivity index (χ1n) is 8.88. The molecule has 6 heteroatoms. The summed E-state index contributed by atoms with van der Waals surface area (Å²) in [5.41, 5.74) is 2.32. The maximum atomic E-state index is 10.6. The van der Waals surface area contributed by atoms with Crippen molar-refractivity contribution in [1.29, 1.82) is 5.41 Å². The number of rotatable bonds is 3. The molecule has 0 amide bonds. The number of aliphatic hydroxyl groups excluding tert-OH is 1. The fraction of sp³-hybridized carbons (Fsp3) is 0.474. The van der Waals surface area contributed by atoms with Gasteiger partial charge in [0.1, 0.15) is 23.2 Å². The number of aliphatic hydroxyl groups is 1. The third-order valence-electron chi connectivity index (χ3n) is 5.46. The van der Waals surface area contributed by atoms with E-state index in [1.165, 1.54) is 19.3 Å². The molecule has 1 aliphatic heterocycles. The summed E-state index contributed by atoms with van der Waals surface area (Å²) >= 11 is 0. The molecule has 0 bridgehead atoms. The Labute approximate surface area is 147 Å². The van der Waals surface area contributed by atoms with Gasteiger partial charge in [-0.2, -0.15) is 0 Å². The van der Waals surface area contributed by atoms with E-state index in [1.54, 1.807) is 7.11 Å². The SMILES string of the molecule is COc1ccc2c(c1)nc(C1=C(O)CN(C3CCCCC3)C1=N)n2C. The molecule has 1 aliphatic carbocycles. The van der Waals surface area contributed by atoms with Crippen molar-refractivity contribution in [3.63, 3.8) is 0 Å². The van der Waals surface area contributed by atoms with Crippen LogP contribution in [0.3, 0.4) is 0 Å². The van der Waals surface area contributed by atoms with Crippen molar-refractivity contribution in [1.82, 2.24) is 14.5 Å². The van der Waals surface area contributed by atoms with Gasteiger partial charge in [-0.05, 0) is 25.0 Å². The minimum Gasteiger partial charge on any atom is -0.510 e. The summed E-state index contributed by atoms with van der Waals surface area (Å²) in [5.74, 6) is 2.04. The molecule has 0 unspecified atom stereocenters. The van der Waals surface area contributed by atoms with Crippen LogP contribution >= 0.6 is 0 Å². The molecular formula is C19H24N4O2. The van der Waals surface area contributed by atoms with Crippen LogP contribution in [0.25, 0.3) is 16.6 Å². The second-order valence-electron chi connectivity index (χ2n) is 6.94. The van der Waals surface area contributed by atoms with E-state index in [0.717, 1.165) is 29.6 Å². The normalized spacial score (nSPS) is 19.3. The molecular weight excluding hydrogens is 316 g/mol. The highest BCUT2D eigenvalue weighted by atomic mass is 16.5. The standard InChI is InChI=1S/C19H24N4O2/c1-22-15-9-8-13(25-2)10-14(15)21-19(22)17-16(24)11-23(18(17)20)12-6-4-3-5-7-12/h8-10,12,20,24H,3-7,11H2,1-2H3. The lowest BCUT2D eigenvalue weighted by Gasteiger charge is -2.32. The molecule has 0 atom stereocenters. The van der Waals surface area contributed by atoms with Gasteiger partial charge in [-0.25, -0.2) is 4.98 Å². The Hall–Kier alpha value is -2.50. The Kier molecular flexibility index (Phi) is 3.90. The van der Waals surface area contributed by atoms with E-state index in [9.17, 15) is 5.11 Å². The number of ether oxygens (including phenoxy) is 1. The molecule has 0 radical (unpaired) electrons. The highest BCUT2D eigenvalue weighted by Crippen LogP contribution is 2.34. The Bertz CT molecular complexity index is 862. The van der Waals surface area contributed by atoms with Crippen molar-refractivity contribution in [2.45, 2.75) is 38.1 Å². The molecule has 2 N–H and O–H groups in total. The number of imidazole rings is 1. The molecule has 6 nitrogen and oxygen atoms in total. The second kappa shape index (κ2) is 6.10. The lowest BCUT2D eigenvalue weighted by atomic mass is 9.94. The van der Waals surface area contributed by atoms with E-state index in [4.69, 9.17) is 10.1 Å². The van der Waals surface area contributed by atoms with Gasteiger partial charge in [-0.15, -0.1) is 0 Å². The van der Waals surface area contributed by atoms with Crippen molar-refractivity contribution < 1.29 is 9.84 Å². The summed E-state index contributed by atoms with van der Waals surface area (Å²) in [4.78, 5) is 6.73. The zero-order valence-electron chi connectivity index (χ0n) is 14.7. The first-order chi connectivity index (χ1) is 12.1. The smallest absolute Gasteiger partial charge is 0.148 e. The van der Waals surface area contributed by atoms with Crippen molar-refractivity contribution >= 4 is 22.4 Å². The third kappa shape index (κ3) is 2.56. The van der Waals surface area contributed by atoms with Crippen LogP contribution in [0, 0.1) is 5.41 Å². The number of nitrogens with zero attached hydrogens (tertiary/aromatic N) is 3. The maximum Gasteiger partial charge on any atom is 0.148 e.